The summed E-state index contributed by atoms with van der Waals surface area (Å²) in [5.74, 6) is -0.0865. The van der Waals surface area contributed by atoms with Crippen molar-refractivity contribution in [3.05, 3.63) is 64.5 Å². The first-order chi connectivity index (χ1) is 21.4. The van der Waals surface area contributed by atoms with Gasteiger partial charge in [-0.25, -0.2) is 9.59 Å². The molecule has 4 rings (SSSR count). The number of hydrogen-bond donors (Lipinski definition) is 3. The van der Waals surface area contributed by atoms with Gasteiger partial charge in [0.05, 0.1) is 36.8 Å². The molecule has 1 aromatic heterocycles. The summed E-state index contributed by atoms with van der Waals surface area (Å²) in [5, 5.41) is 9.59. The minimum Gasteiger partial charge on any atom is -0.495 e. The summed E-state index contributed by atoms with van der Waals surface area (Å²) in [5.41, 5.74) is 2.03. The zero-order valence-electron chi connectivity index (χ0n) is 26.1. The third kappa shape index (κ3) is 9.12. The van der Waals surface area contributed by atoms with Gasteiger partial charge in [-0.05, 0) is 89.2 Å². The highest BCUT2D eigenvalue weighted by Gasteiger charge is 2.33. The number of amides is 2. The Morgan fingerprint density at radius 3 is 2.56 bits per heavy atom. The van der Waals surface area contributed by atoms with Crippen molar-refractivity contribution in [2.45, 2.75) is 63.3 Å². The molecule has 1 unspecified atom stereocenters. The van der Waals surface area contributed by atoms with E-state index in [9.17, 15) is 14.4 Å². The molecule has 0 bridgehead atoms. The van der Waals surface area contributed by atoms with Crippen LogP contribution in [-0.2, 0) is 27.2 Å². The molecule has 2 heterocycles. The van der Waals surface area contributed by atoms with Crippen LogP contribution in [0, 0.1) is 0 Å². The van der Waals surface area contributed by atoms with E-state index in [0.29, 0.717) is 34.4 Å². The lowest BCUT2D eigenvalue weighted by Gasteiger charge is -2.30. The van der Waals surface area contributed by atoms with Gasteiger partial charge in [0, 0.05) is 22.0 Å². The van der Waals surface area contributed by atoms with Gasteiger partial charge in [-0.3, -0.25) is 4.79 Å². The largest absolute Gasteiger partial charge is 0.495 e. The minimum atomic E-state index is -0.621. The number of para-hydroxylation sites is 2. The number of nitrogens with zero attached hydrogens (tertiary/aromatic N) is 1. The fraction of sp³-hybridized carbons (Fsp3) is 0.375. The van der Waals surface area contributed by atoms with E-state index >= 15 is 0 Å². The molecular formula is C32H38N4O6S3. The Labute approximate surface area is 277 Å². The Balaban J connectivity index is 1.43. The lowest BCUT2D eigenvalue weighted by Crippen LogP contribution is -2.39. The zero-order chi connectivity index (χ0) is 32.7. The lowest BCUT2D eigenvalue weighted by atomic mass is 10.0. The molecule has 1 aliphatic rings. The minimum absolute atomic E-state index is 0.204. The molecule has 10 nitrogen and oxygen atoms in total. The van der Waals surface area contributed by atoms with E-state index in [0.717, 1.165) is 26.7 Å². The molecule has 2 aromatic carbocycles. The average molecular weight is 671 g/mol. The number of esters is 1. The highest BCUT2D eigenvalue weighted by atomic mass is 32.2. The van der Waals surface area contributed by atoms with Gasteiger partial charge in [0.1, 0.15) is 16.4 Å². The smallest absolute Gasteiger partial charge is 0.410 e. The number of fused-ring (bicyclic) bond motifs is 1. The molecule has 0 spiro atoms. The second-order valence-electron chi connectivity index (χ2n) is 11.1. The van der Waals surface area contributed by atoms with E-state index in [1.165, 1.54) is 23.1 Å². The summed E-state index contributed by atoms with van der Waals surface area (Å²) < 4.78 is 16.3. The van der Waals surface area contributed by atoms with E-state index in [-0.39, 0.29) is 19.1 Å². The summed E-state index contributed by atoms with van der Waals surface area (Å²) in [6.07, 6.45) is 0.0374. The highest BCUT2D eigenvalue weighted by Crippen LogP contribution is 2.39. The molecule has 0 aliphatic carbocycles. The molecule has 1 atom stereocenters. The van der Waals surface area contributed by atoms with Crippen molar-refractivity contribution in [1.82, 2.24) is 4.90 Å². The van der Waals surface area contributed by atoms with Gasteiger partial charge in [-0.2, -0.15) is 0 Å². The van der Waals surface area contributed by atoms with Gasteiger partial charge in [0.2, 0.25) is 5.91 Å². The standard InChI is InChI=1S/C32H38N4O6S3/c1-7-41-29(38)26-22-15-16-36(31(39)42-32(3,4)5)18-25(22)45-28(26)35-27(37)19(2)44-21-12-10-11-20(17-21)33-30(43)34-23-13-8-9-14-24(23)40-6/h8-14,17,19H,7,15-16,18H2,1-6H3,(H,35,37)(H2,33,34,43). The van der Waals surface area contributed by atoms with Crippen LogP contribution in [0.2, 0.25) is 0 Å². The van der Waals surface area contributed by atoms with E-state index in [1.807, 2.05) is 69.3 Å². The van der Waals surface area contributed by atoms with Crippen LogP contribution in [0.5, 0.6) is 5.75 Å². The summed E-state index contributed by atoms with van der Waals surface area (Å²) in [7, 11) is 1.60. The first-order valence-corrected chi connectivity index (χ1v) is 16.6. The number of anilines is 3. The Morgan fingerprint density at radius 1 is 1.09 bits per heavy atom. The molecule has 1 aliphatic heterocycles. The molecule has 45 heavy (non-hydrogen) atoms. The number of thiocarbonyl (C=S) groups is 1. The van der Waals surface area contributed by atoms with Gasteiger partial charge in [0.15, 0.2) is 5.11 Å². The van der Waals surface area contributed by atoms with Crippen LogP contribution in [-0.4, -0.2) is 59.1 Å². The SMILES string of the molecule is CCOC(=O)c1c(NC(=O)C(C)Sc2cccc(NC(=S)Nc3ccccc3OC)c2)sc2c1CCN(C(=O)OC(C)(C)C)C2. The average Bonchev–Trinajstić information content (AvgIpc) is 3.33. The van der Waals surface area contributed by atoms with E-state index in [4.69, 9.17) is 26.4 Å². The van der Waals surface area contributed by atoms with Crippen LogP contribution in [0.25, 0.3) is 0 Å². The van der Waals surface area contributed by atoms with Crippen molar-refractivity contribution >= 4 is 74.8 Å². The number of thiophene rings is 1. The number of ether oxygens (including phenoxy) is 3. The number of carbonyl (C=O) groups excluding carboxylic acids is 3. The monoisotopic (exact) mass is 670 g/mol. The van der Waals surface area contributed by atoms with Gasteiger partial charge >= 0.3 is 12.1 Å². The number of hydrogen-bond acceptors (Lipinski definition) is 9. The molecule has 240 valence electrons. The Kier molecular flexibility index (Phi) is 11.3. The van der Waals surface area contributed by atoms with E-state index in [1.54, 1.807) is 25.9 Å². The number of nitrogens with one attached hydrogen (secondary N) is 3. The highest BCUT2D eigenvalue weighted by molar-refractivity contribution is 8.00. The van der Waals surface area contributed by atoms with Crippen LogP contribution in [0.1, 0.15) is 55.4 Å². The zero-order valence-corrected chi connectivity index (χ0v) is 28.6. The van der Waals surface area contributed by atoms with Crippen LogP contribution < -0.4 is 20.7 Å². The maximum atomic E-state index is 13.4. The van der Waals surface area contributed by atoms with E-state index in [2.05, 4.69) is 16.0 Å². The number of carbonyl (C=O) groups is 3. The first-order valence-electron chi connectivity index (χ1n) is 14.5. The Bertz CT molecular complexity index is 1570. The quantitative estimate of drug-likeness (QED) is 0.123. The van der Waals surface area contributed by atoms with Crippen LogP contribution in [0.3, 0.4) is 0 Å². The molecule has 2 amide bonds. The molecule has 3 N–H and O–H groups in total. The molecule has 0 fully saturated rings. The van der Waals surface area contributed by atoms with Crippen LogP contribution in [0.15, 0.2) is 53.4 Å². The normalized spacial score (nSPS) is 13.2. The molecule has 0 saturated heterocycles. The number of methoxy groups -OCH3 is 1. The van der Waals surface area contributed by atoms with Crippen molar-refractivity contribution in [3.63, 3.8) is 0 Å². The van der Waals surface area contributed by atoms with Gasteiger partial charge < -0.3 is 35.1 Å². The third-order valence-electron chi connectivity index (χ3n) is 6.55. The predicted molar refractivity (Wildman–Crippen MR) is 184 cm³/mol. The third-order valence-corrected chi connectivity index (χ3v) is 8.98. The predicted octanol–water partition coefficient (Wildman–Crippen LogP) is 7.15. The molecule has 13 heteroatoms. The summed E-state index contributed by atoms with van der Waals surface area (Å²) in [6, 6.07) is 15.1. The lowest BCUT2D eigenvalue weighted by molar-refractivity contribution is -0.115. The Hall–Kier alpha value is -3.81. The number of thioether (sulfide) groups is 1. The molecule has 0 saturated carbocycles. The molecule has 3 aromatic rings. The van der Waals surface area contributed by atoms with Gasteiger partial charge in [0.25, 0.3) is 0 Å². The van der Waals surface area contributed by atoms with Gasteiger partial charge in [-0.15, -0.1) is 23.1 Å². The second-order valence-corrected chi connectivity index (χ2v) is 14.1. The first kappa shape index (κ1) is 34.1. The van der Waals surface area contributed by atoms with Crippen molar-refractivity contribution in [3.8, 4) is 5.75 Å². The second kappa shape index (κ2) is 15.0. The van der Waals surface area contributed by atoms with E-state index < -0.39 is 22.9 Å². The van der Waals surface area contributed by atoms with Crippen molar-refractivity contribution < 1.29 is 28.6 Å². The maximum Gasteiger partial charge on any atom is 0.410 e. The maximum absolute atomic E-state index is 13.4. The Morgan fingerprint density at radius 2 is 1.84 bits per heavy atom. The number of rotatable bonds is 9. The topological polar surface area (TPSA) is 118 Å². The van der Waals surface area contributed by atoms with Crippen molar-refractivity contribution in [2.24, 2.45) is 0 Å². The fourth-order valence-electron chi connectivity index (χ4n) is 4.54. The van der Waals surface area contributed by atoms with Crippen molar-refractivity contribution in [1.29, 1.82) is 0 Å². The number of benzene rings is 2. The van der Waals surface area contributed by atoms with Crippen LogP contribution >= 0.6 is 35.3 Å². The van der Waals surface area contributed by atoms with Crippen molar-refractivity contribution in [2.75, 3.05) is 36.2 Å². The fourth-order valence-corrected chi connectivity index (χ4v) is 6.95. The molecular weight excluding hydrogens is 633 g/mol. The van der Waals surface area contributed by atoms with Gasteiger partial charge in [-0.1, -0.05) is 18.2 Å². The summed E-state index contributed by atoms with van der Waals surface area (Å²) in [6.45, 7) is 9.88. The molecule has 0 radical (unpaired) electrons. The summed E-state index contributed by atoms with van der Waals surface area (Å²) in [4.78, 5) is 42.4. The summed E-state index contributed by atoms with van der Waals surface area (Å²) >= 11 is 8.15. The van der Waals surface area contributed by atoms with Crippen LogP contribution in [0.4, 0.5) is 21.2 Å².